The van der Waals surface area contributed by atoms with Crippen molar-refractivity contribution in [2.24, 2.45) is 0 Å². The average Bonchev–Trinajstić information content (AvgIpc) is 3.83. The van der Waals surface area contributed by atoms with E-state index in [2.05, 4.69) is 143 Å². The van der Waals surface area contributed by atoms with Crippen LogP contribution in [0.1, 0.15) is 0 Å². The minimum atomic E-state index is 0.585. The maximum Gasteiger partial charge on any atom is 0.227 e. The average molecular weight is 618 g/mol. The molecule has 10 aromatic rings. The molecule has 0 aliphatic heterocycles. The van der Waals surface area contributed by atoms with Gasteiger partial charge < -0.3 is 18.3 Å². The Kier molecular flexibility index (Phi) is 5.81. The molecule has 0 unspecified atom stereocenters. The van der Waals surface area contributed by atoms with Crippen LogP contribution in [0.3, 0.4) is 0 Å². The van der Waals surface area contributed by atoms with Gasteiger partial charge in [0.2, 0.25) is 5.89 Å². The number of rotatable bonds is 5. The number of furan rings is 1. The lowest BCUT2D eigenvalue weighted by atomic mass is 10.1. The second-order valence-corrected chi connectivity index (χ2v) is 12.0. The topological polar surface area (TPSA) is 47.3 Å². The molecule has 10 rings (SSSR count). The summed E-state index contributed by atoms with van der Waals surface area (Å²) in [4.78, 5) is 7.14. The van der Waals surface area contributed by atoms with Gasteiger partial charge in [-0.05, 0) is 84.9 Å². The molecule has 3 heterocycles. The summed E-state index contributed by atoms with van der Waals surface area (Å²) >= 11 is 0. The van der Waals surface area contributed by atoms with Crippen LogP contribution in [0.5, 0.6) is 0 Å². The van der Waals surface area contributed by atoms with Crippen LogP contribution in [-0.2, 0) is 0 Å². The SMILES string of the molecule is c1ccc(N(c2ccccc2)c2ccc3c(c2)c2ccccc2n3-c2ccc(-c3nc4cc5oc6ccccc6c5cc4o3)cc2)cc1. The molecule has 0 aliphatic carbocycles. The highest BCUT2D eigenvalue weighted by molar-refractivity contribution is 6.11. The summed E-state index contributed by atoms with van der Waals surface area (Å²) in [5.74, 6) is 0.585. The fourth-order valence-electron chi connectivity index (χ4n) is 7.00. The molecule has 0 fully saturated rings. The summed E-state index contributed by atoms with van der Waals surface area (Å²) in [6, 6.07) is 56.9. The quantitative estimate of drug-likeness (QED) is 0.193. The van der Waals surface area contributed by atoms with Crippen molar-refractivity contribution in [1.29, 1.82) is 0 Å². The summed E-state index contributed by atoms with van der Waals surface area (Å²) in [5.41, 5.74) is 10.8. The normalized spacial score (nSPS) is 11.8. The van der Waals surface area contributed by atoms with E-state index < -0.39 is 0 Å². The number of aromatic nitrogens is 2. The van der Waals surface area contributed by atoms with Crippen LogP contribution in [-0.4, -0.2) is 9.55 Å². The van der Waals surface area contributed by atoms with Crippen molar-refractivity contribution in [1.82, 2.24) is 9.55 Å². The number of nitrogens with zero attached hydrogens (tertiary/aromatic N) is 3. The third kappa shape index (κ3) is 4.15. The molecule has 0 spiro atoms. The Bertz CT molecular complexity index is 2730. The number of para-hydroxylation sites is 4. The molecule has 0 amide bonds. The zero-order valence-electron chi connectivity index (χ0n) is 25.7. The van der Waals surface area contributed by atoms with Crippen molar-refractivity contribution in [3.63, 3.8) is 0 Å². The van der Waals surface area contributed by atoms with Gasteiger partial charge in [0, 0.05) is 55.9 Å². The first-order valence-corrected chi connectivity index (χ1v) is 16.0. The number of benzene rings is 7. The fraction of sp³-hybridized carbons (Fsp3) is 0. The lowest BCUT2D eigenvalue weighted by Gasteiger charge is -2.25. The Balaban J connectivity index is 1.07. The highest BCUT2D eigenvalue weighted by Gasteiger charge is 2.18. The van der Waals surface area contributed by atoms with Crippen LogP contribution >= 0.6 is 0 Å². The first-order chi connectivity index (χ1) is 23.8. The van der Waals surface area contributed by atoms with E-state index in [0.29, 0.717) is 5.89 Å². The Labute approximate surface area is 275 Å². The molecule has 48 heavy (non-hydrogen) atoms. The highest BCUT2D eigenvalue weighted by atomic mass is 16.4. The predicted octanol–water partition coefficient (Wildman–Crippen LogP) is 12.0. The second kappa shape index (κ2) is 10.5. The predicted molar refractivity (Wildman–Crippen MR) is 196 cm³/mol. The second-order valence-electron chi connectivity index (χ2n) is 12.0. The van der Waals surface area contributed by atoms with Gasteiger partial charge in [0.1, 0.15) is 16.7 Å². The van der Waals surface area contributed by atoms with Gasteiger partial charge in [-0.3, -0.25) is 0 Å². The van der Waals surface area contributed by atoms with Gasteiger partial charge in [0.05, 0.1) is 11.0 Å². The van der Waals surface area contributed by atoms with Crippen molar-refractivity contribution in [2.75, 3.05) is 4.90 Å². The van der Waals surface area contributed by atoms with E-state index in [1.54, 1.807) is 0 Å². The van der Waals surface area contributed by atoms with E-state index in [9.17, 15) is 0 Å². The Morgan fingerprint density at radius 2 is 1.10 bits per heavy atom. The minimum absolute atomic E-state index is 0.585. The Morgan fingerprint density at radius 1 is 0.438 bits per heavy atom. The first-order valence-electron chi connectivity index (χ1n) is 16.0. The van der Waals surface area contributed by atoms with E-state index >= 15 is 0 Å². The van der Waals surface area contributed by atoms with Gasteiger partial charge in [0.15, 0.2) is 5.58 Å². The molecule has 226 valence electrons. The molecule has 3 aromatic heterocycles. The molecule has 5 heteroatoms. The zero-order chi connectivity index (χ0) is 31.6. The third-order valence-electron chi connectivity index (χ3n) is 9.20. The minimum Gasteiger partial charge on any atom is -0.456 e. The monoisotopic (exact) mass is 617 g/mol. The van der Waals surface area contributed by atoms with Crippen LogP contribution in [0, 0.1) is 0 Å². The van der Waals surface area contributed by atoms with E-state index in [1.807, 2.05) is 30.3 Å². The summed E-state index contributed by atoms with van der Waals surface area (Å²) in [5, 5.41) is 4.50. The van der Waals surface area contributed by atoms with E-state index in [1.165, 1.54) is 10.8 Å². The highest BCUT2D eigenvalue weighted by Crippen LogP contribution is 2.40. The van der Waals surface area contributed by atoms with Crippen LogP contribution in [0.2, 0.25) is 0 Å². The van der Waals surface area contributed by atoms with Crippen molar-refractivity contribution in [3.8, 4) is 17.1 Å². The van der Waals surface area contributed by atoms with E-state index in [-0.39, 0.29) is 0 Å². The molecule has 0 saturated carbocycles. The third-order valence-corrected chi connectivity index (χ3v) is 9.20. The molecular weight excluding hydrogens is 590 g/mol. The lowest BCUT2D eigenvalue weighted by molar-refractivity contribution is 0.620. The van der Waals surface area contributed by atoms with Gasteiger partial charge in [-0.15, -0.1) is 0 Å². The largest absolute Gasteiger partial charge is 0.456 e. The summed E-state index contributed by atoms with van der Waals surface area (Å²) in [6.45, 7) is 0. The number of anilines is 3. The Hall–Kier alpha value is -6.59. The Morgan fingerprint density at radius 3 is 1.88 bits per heavy atom. The molecule has 0 N–H and O–H groups in total. The number of hydrogen-bond acceptors (Lipinski definition) is 4. The molecule has 0 atom stereocenters. The van der Waals surface area contributed by atoms with Gasteiger partial charge >= 0.3 is 0 Å². The fourth-order valence-corrected chi connectivity index (χ4v) is 7.00. The van der Waals surface area contributed by atoms with E-state index in [4.69, 9.17) is 13.8 Å². The summed E-state index contributed by atoms with van der Waals surface area (Å²) in [7, 11) is 0. The van der Waals surface area contributed by atoms with Crippen LogP contribution in [0.4, 0.5) is 17.1 Å². The summed E-state index contributed by atoms with van der Waals surface area (Å²) < 4.78 is 14.7. The number of oxazole rings is 1. The lowest BCUT2D eigenvalue weighted by Crippen LogP contribution is -2.09. The molecule has 0 saturated heterocycles. The standard InChI is InChI=1S/C43H27N3O2/c1-3-11-29(12-4-1)45(30-13-5-2-6-14-30)32-23-24-39-35(25-32)33-15-7-9-17-38(33)46(39)31-21-19-28(20-22-31)43-44-37-27-41-36(26-42(37)48-43)34-16-8-10-18-40(34)47-41/h1-27H. The molecule has 7 aromatic carbocycles. The van der Waals surface area contributed by atoms with E-state index in [0.717, 1.165) is 72.4 Å². The zero-order valence-corrected chi connectivity index (χ0v) is 25.7. The molecular formula is C43H27N3O2. The molecule has 0 radical (unpaired) electrons. The van der Waals surface area contributed by atoms with Crippen molar-refractivity contribution in [3.05, 3.63) is 164 Å². The number of fused-ring (bicyclic) bond motifs is 7. The van der Waals surface area contributed by atoms with Gasteiger partial charge in [-0.2, -0.15) is 0 Å². The first kappa shape index (κ1) is 26.6. The molecule has 0 bridgehead atoms. The van der Waals surface area contributed by atoms with Crippen LogP contribution in [0.15, 0.2) is 173 Å². The van der Waals surface area contributed by atoms with Gasteiger partial charge in [0.25, 0.3) is 0 Å². The van der Waals surface area contributed by atoms with Gasteiger partial charge in [-0.25, -0.2) is 4.98 Å². The van der Waals surface area contributed by atoms with Crippen molar-refractivity contribution >= 4 is 71.9 Å². The smallest absolute Gasteiger partial charge is 0.227 e. The molecule has 0 aliphatic rings. The molecule has 5 nitrogen and oxygen atoms in total. The summed E-state index contributed by atoms with van der Waals surface area (Å²) in [6.07, 6.45) is 0. The van der Waals surface area contributed by atoms with Crippen LogP contribution in [0.25, 0.3) is 72.0 Å². The van der Waals surface area contributed by atoms with Crippen LogP contribution < -0.4 is 4.90 Å². The van der Waals surface area contributed by atoms with Gasteiger partial charge in [-0.1, -0.05) is 72.8 Å². The number of hydrogen-bond donors (Lipinski definition) is 0. The van der Waals surface area contributed by atoms with Crippen molar-refractivity contribution in [2.45, 2.75) is 0 Å². The maximum atomic E-state index is 6.30. The maximum absolute atomic E-state index is 6.30. The van der Waals surface area contributed by atoms with Crippen molar-refractivity contribution < 1.29 is 8.83 Å².